The third-order valence-corrected chi connectivity index (χ3v) is 8.23. The number of halogens is 1. The molecule has 0 amide bonds. The molecule has 8 heteroatoms. The first-order valence-electron chi connectivity index (χ1n) is 12.0. The highest BCUT2D eigenvalue weighted by Crippen LogP contribution is 2.43. The van der Waals surface area contributed by atoms with Crippen molar-refractivity contribution in [3.63, 3.8) is 0 Å². The Hall–Kier alpha value is -2.35. The molecular weight excluding hydrogens is 464 g/mol. The van der Waals surface area contributed by atoms with Gasteiger partial charge in [-0.15, -0.1) is 0 Å². The third kappa shape index (κ3) is 5.16. The minimum absolute atomic E-state index is 0.270. The largest absolute Gasteiger partial charge is 0.398 e. The van der Waals surface area contributed by atoms with Gasteiger partial charge in [-0.2, -0.15) is 4.98 Å². The van der Waals surface area contributed by atoms with Gasteiger partial charge < -0.3 is 15.2 Å². The van der Waals surface area contributed by atoms with E-state index in [1.54, 1.807) is 12.4 Å². The maximum absolute atomic E-state index is 6.50. The Morgan fingerprint density at radius 1 is 1.15 bits per heavy atom. The molecule has 1 saturated heterocycles. The molecule has 34 heavy (non-hydrogen) atoms. The van der Waals surface area contributed by atoms with E-state index in [9.17, 15) is 0 Å². The SMILES string of the molecule is CN1CCC(C2CCC(n3cc(/C(N)=C/C=N/Sc4ccccc4)c4cnc(Cl)nc43)C2)CC1. The topological polar surface area (TPSA) is 72.3 Å². The zero-order valence-electron chi connectivity index (χ0n) is 19.5. The van der Waals surface area contributed by atoms with Crippen LogP contribution in [0.4, 0.5) is 0 Å². The fourth-order valence-corrected chi connectivity index (χ4v) is 6.11. The Balaban J connectivity index is 1.36. The fourth-order valence-electron chi connectivity index (χ4n) is 5.46. The van der Waals surface area contributed by atoms with Crippen LogP contribution < -0.4 is 5.73 Å². The summed E-state index contributed by atoms with van der Waals surface area (Å²) in [7, 11) is 2.23. The molecule has 1 aliphatic heterocycles. The van der Waals surface area contributed by atoms with Crippen LogP contribution in [-0.2, 0) is 0 Å². The molecule has 2 unspecified atom stereocenters. The quantitative estimate of drug-likeness (QED) is 0.264. The van der Waals surface area contributed by atoms with Gasteiger partial charge in [0, 0.05) is 58.1 Å². The van der Waals surface area contributed by atoms with Gasteiger partial charge in [-0.25, -0.2) is 9.38 Å². The number of hydrogen-bond acceptors (Lipinski definition) is 6. The average molecular weight is 495 g/mol. The van der Waals surface area contributed by atoms with E-state index in [0.717, 1.165) is 33.3 Å². The normalized spacial score (nSPS) is 22.8. The summed E-state index contributed by atoms with van der Waals surface area (Å²) in [6.07, 6.45) is 13.8. The lowest BCUT2D eigenvalue weighted by molar-refractivity contribution is 0.170. The summed E-state index contributed by atoms with van der Waals surface area (Å²) >= 11 is 7.62. The molecule has 1 aliphatic carbocycles. The predicted octanol–water partition coefficient (Wildman–Crippen LogP) is 5.85. The van der Waals surface area contributed by atoms with Gasteiger partial charge in [-0.1, -0.05) is 18.2 Å². The van der Waals surface area contributed by atoms with Crippen LogP contribution in [0.25, 0.3) is 16.7 Å². The number of fused-ring (bicyclic) bond motifs is 1. The second-order valence-corrected chi connectivity index (χ2v) is 10.7. The molecule has 5 rings (SSSR count). The van der Waals surface area contributed by atoms with Crippen molar-refractivity contribution >= 4 is 46.5 Å². The molecule has 2 N–H and O–H groups in total. The molecule has 2 aliphatic rings. The van der Waals surface area contributed by atoms with Gasteiger partial charge in [0.1, 0.15) is 5.65 Å². The standard InChI is InChI=1S/C26H31ClN6S/c1-32-13-10-18(11-14-32)19-7-8-20(15-19)33-17-23(22-16-29-26(27)31-25(22)33)24(28)9-12-30-34-21-5-3-2-4-6-21/h2-6,9,12,16-20H,7-8,10-11,13-15,28H2,1H3/b24-9-,30-12+. The van der Waals surface area contributed by atoms with Crippen LogP contribution in [0, 0.1) is 11.8 Å². The van der Waals surface area contributed by atoms with E-state index >= 15 is 0 Å². The van der Waals surface area contributed by atoms with Crippen LogP contribution in [0.2, 0.25) is 5.28 Å². The third-order valence-electron chi connectivity index (χ3n) is 7.34. The zero-order valence-corrected chi connectivity index (χ0v) is 21.1. The monoisotopic (exact) mass is 494 g/mol. The molecular formula is C26H31ClN6S. The van der Waals surface area contributed by atoms with E-state index < -0.39 is 0 Å². The van der Waals surface area contributed by atoms with E-state index in [-0.39, 0.29) is 5.28 Å². The average Bonchev–Trinajstić information content (AvgIpc) is 3.48. The van der Waals surface area contributed by atoms with E-state index in [2.05, 4.69) is 37.1 Å². The molecule has 0 bridgehead atoms. The first kappa shape index (κ1) is 23.4. The number of benzene rings is 1. The first-order valence-corrected chi connectivity index (χ1v) is 13.2. The smallest absolute Gasteiger partial charge is 0.224 e. The van der Waals surface area contributed by atoms with Crippen LogP contribution in [-0.4, -0.2) is 45.8 Å². The van der Waals surface area contributed by atoms with Crippen molar-refractivity contribution in [2.24, 2.45) is 22.0 Å². The number of hydrogen-bond donors (Lipinski definition) is 1. The van der Waals surface area contributed by atoms with E-state index in [1.165, 1.54) is 57.1 Å². The molecule has 1 aromatic carbocycles. The minimum Gasteiger partial charge on any atom is -0.398 e. The number of rotatable bonds is 6. The first-order chi connectivity index (χ1) is 16.6. The summed E-state index contributed by atoms with van der Waals surface area (Å²) in [5.41, 5.74) is 8.96. The van der Waals surface area contributed by atoms with Crippen molar-refractivity contribution in [1.29, 1.82) is 0 Å². The summed E-state index contributed by atoms with van der Waals surface area (Å²) in [5, 5.41) is 1.21. The van der Waals surface area contributed by atoms with Crippen molar-refractivity contribution in [3.05, 3.63) is 59.6 Å². The molecule has 6 nitrogen and oxygen atoms in total. The number of nitrogens with zero attached hydrogens (tertiary/aromatic N) is 5. The van der Waals surface area contributed by atoms with Crippen LogP contribution in [0.15, 0.2) is 58.1 Å². The number of allylic oxidation sites excluding steroid dienone is 1. The van der Waals surface area contributed by atoms with E-state index in [0.29, 0.717) is 11.7 Å². The maximum atomic E-state index is 6.50. The molecule has 0 spiro atoms. The Bertz CT molecular complexity index is 1180. The fraction of sp³-hybridized carbons (Fsp3) is 0.423. The second kappa shape index (κ2) is 10.5. The van der Waals surface area contributed by atoms with Gasteiger partial charge >= 0.3 is 0 Å². The summed E-state index contributed by atoms with van der Waals surface area (Å²) in [4.78, 5) is 12.4. The number of likely N-dealkylation sites (tertiary alicyclic amines) is 1. The molecule has 2 atom stereocenters. The predicted molar refractivity (Wildman–Crippen MR) is 142 cm³/mol. The van der Waals surface area contributed by atoms with Crippen LogP contribution in [0.1, 0.15) is 43.7 Å². The Kier molecular flexibility index (Phi) is 7.23. The lowest BCUT2D eigenvalue weighted by Crippen LogP contribution is -2.32. The molecule has 0 radical (unpaired) electrons. The van der Waals surface area contributed by atoms with Crippen LogP contribution in [0.3, 0.4) is 0 Å². The Morgan fingerprint density at radius 2 is 1.94 bits per heavy atom. The van der Waals surface area contributed by atoms with Gasteiger partial charge in [0.2, 0.25) is 5.28 Å². The molecule has 1 saturated carbocycles. The highest BCUT2D eigenvalue weighted by Gasteiger charge is 2.34. The van der Waals surface area contributed by atoms with Crippen LogP contribution >= 0.6 is 23.5 Å². The highest BCUT2D eigenvalue weighted by molar-refractivity contribution is 7.98. The lowest BCUT2D eigenvalue weighted by Gasteiger charge is -2.32. The molecule has 2 aromatic heterocycles. The number of aromatic nitrogens is 3. The van der Waals surface area contributed by atoms with Crippen molar-refractivity contribution in [1.82, 2.24) is 19.4 Å². The summed E-state index contributed by atoms with van der Waals surface area (Å²) < 4.78 is 6.72. The second-order valence-electron chi connectivity index (χ2n) is 9.47. The summed E-state index contributed by atoms with van der Waals surface area (Å²) in [5.74, 6) is 1.62. The summed E-state index contributed by atoms with van der Waals surface area (Å²) in [6.45, 7) is 2.44. The van der Waals surface area contributed by atoms with Crippen molar-refractivity contribution in [2.75, 3.05) is 20.1 Å². The van der Waals surface area contributed by atoms with E-state index in [1.807, 2.05) is 36.4 Å². The highest BCUT2D eigenvalue weighted by atomic mass is 35.5. The van der Waals surface area contributed by atoms with Crippen molar-refractivity contribution < 1.29 is 0 Å². The molecule has 178 valence electrons. The van der Waals surface area contributed by atoms with Crippen molar-refractivity contribution in [2.45, 2.75) is 43.0 Å². The van der Waals surface area contributed by atoms with Gasteiger partial charge in [-0.05, 0) is 93.9 Å². The zero-order chi connectivity index (χ0) is 23.5. The molecule has 3 heterocycles. The molecule has 3 aromatic rings. The maximum Gasteiger partial charge on any atom is 0.224 e. The van der Waals surface area contributed by atoms with Gasteiger partial charge in [0.15, 0.2) is 0 Å². The lowest BCUT2D eigenvalue weighted by atomic mass is 9.83. The van der Waals surface area contributed by atoms with Gasteiger partial charge in [0.25, 0.3) is 0 Å². The van der Waals surface area contributed by atoms with Crippen molar-refractivity contribution in [3.8, 4) is 0 Å². The number of piperidine rings is 1. The van der Waals surface area contributed by atoms with Crippen LogP contribution in [0.5, 0.6) is 0 Å². The number of nitrogens with two attached hydrogens (primary N) is 1. The minimum atomic E-state index is 0.270. The van der Waals surface area contributed by atoms with Gasteiger partial charge in [-0.3, -0.25) is 0 Å². The van der Waals surface area contributed by atoms with E-state index in [4.69, 9.17) is 17.3 Å². The summed E-state index contributed by atoms with van der Waals surface area (Å²) in [6, 6.07) is 10.5. The van der Waals surface area contributed by atoms with Gasteiger partial charge in [0.05, 0.1) is 0 Å². The Morgan fingerprint density at radius 3 is 2.74 bits per heavy atom. The Labute approximate surface area is 210 Å². The molecule has 2 fully saturated rings.